The average Bonchev–Trinajstić information content (AvgIpc) is 1.78. The van der Waals surface area contributed by atoms with Gasteiger partial charge < -0.3 is 10.2 Å². The van der Waals surface area contributed by atoms with E-state index in [1.807, 2.05) is 0 Å². The Hall–Kier alpha value is -0.730. The van der Waals surface area contributed by atoms with Crippen molar-refractivity contribution in [2.75, 3.05) is 14.1 Å². The second-order valence-corrected chi connectivity index (χ2v) is 5.95. The standard InChI is InChI=1S/C11H24N2O/c1-10(2,3)8-11(4,5)12-9(14)13(6)7/h8H2,1-7H3,(H,12,14). The van der Waals surface area contributed by atoms with Crippen molar-refractivity contribution in [1.82, 2.24) is 10.2 Å². The van der Waals surface area contributed by atoms with Gasteiger partial charge in [0, 0.05) is 19.6 Å². The molecule has 0 aromatic carbocycles. The minimum Gasteiger partial charge on any atom is -0.333 e. The molecule has 3 nitrogen and oxygen atoms in total. The van der Waals surface area contributed by atoms with Gasteiger partial charge in [0.05, 0.1) is 0 Å². The van der Waals surface area contributed by atoms with Gasteiger partial charge in [-0.2, -0.15) is 0 Å². The van der Waals surface area contributed by atoms with Gasteiger partial charge in [-0.05, 0) is 25.7 Å². The number of carbonyl (C=O) groups is 1. The number of nitrogens with zero attached hydrogens (tertiary/aromatic N) is 1. The summed E-state index contributed by atoms with van der Waals surface area (Å²) in [4.78, 5) is 13.0. The van der Waals surface area contributed by atoms with Gasteiger partial charge in [-0.25, -0.2) is 4.79 Å². The third kappa shape index (κ3) is 5.84. The molecule has 0 heterocycles. The molecule has 0 saturated heterocycles. The molecule has 0 aliphatic rings. The lowest BCUT2D eigenvalue weighted by molar-refractivity contribution is 0.190. The Morgan fingerprint density at radius 1 is 1.14 bits per heavy atom. The molecule has 0 unspecified atom stereocenters. The van der Waals surface area contributed by atoms with Gasteiger partial charge in [-0.1, -0.05) is 20.8 Å². The molecule has 0 bridgehead atoms. The van der Waals surface area contributed by atoms with Crippen LogP contribution in [0.3, 0.4) is 0 Å². The lowest BCUT2D eigenvalue weighted by atomic mass is 9.82. The Morgan fingerprint density at radius 3 is 1.86 bits per heavy atom. The third-order valence-corrected chi connectivity index (χ3v) is 1.82. The molecule has 2 amide bonds. The quantitative estimate of drug-likeness (QED) is 0.729. The topological polar surface area (TPSA) is 32.3 Å². The molecule has 0 saturated carbocycles. The molecule has 0 aromatic heterocycles. The normalized spacial score (nSPS) is 12.5. The van der Waals surface area contributed by atoms with Crippen molar-refractivity contribution < 1.29 is 4.79 Å². The lowest BCUT2D eigenvalue weighted by Gasteiger charge is -2.34. The molecule has 0 aliphatic carbocycles. The van der Waals surface area contributed by atoms with E-state index in [9.17, 15) is 4.79 Å². The molecule has 0 radical (unpaired) electrons. The summed E-state index contributed by atoms with van der Waals surface area (Å²) in [6.45, 7) is 10.6. The molecule has 1 N–H and O–H groups in total. The summed E-state index contributed by atoms with van der Waals surface area (Å²) in [6, 6.07) is -0.0285. The molecule has 84 valence electrons. The summed E-state index contributed by atoms with van der Waals surface area (Å²) in [5.41, 5.74) is 0.0721. The minimum atomic E-state index is -0.153. The van der Waals surface area contributed by atoms with Crippen molar-refractivity contribution in [3.63, 3.8) is 0 Å². The molecular formula is C11H24N2O. The van der Waals surface area contributed by atoms with E-state index in [-0.39, 0.29) is 17.0 Å². The van der Waals surface area contributed by atoms with Gasteiger partial charge >= 0.3 is 6.03 Å². The predicted octanol–water partition coefficient (Wildman–Crippen LogP) is 2.47. The zero-order valence-corrected chi connectivity index (χ0v) is 10.6. The van der Waals surface area contributed by atoms with Gasteiger partial charge in [-0.3, -0.25) is 0 Å². The molecule has 0 spiro atoms. The smallest absolute Gasteiger partial charge is 0.317 e. The van der Waals surface area contributed by atoms with Gasteiger partial charge in [-0.15, -0.1) is 0 Å². The summed E-state index contributed by atoms with van der Waals surface area (Å²) < 4.78 is 0. The van der Waals surface area contributed by atoms with Gasteiger partial charge in [0.2, 0.25) is 0 Å². The van der Waals surface area contributed by atoms with Crippen molar-refractivity contribution in [2.45, 2.75) is 46.6 Å². The minimum absolute atomic E-state index is 0.0285. The largest absolute Gasteiger partial charge is 0.333 e. The van der Waals surface area contributed by atoms with E-state index >= 15 is 0 Å². The average molecular weight is 200 g/mol. The van der Waals surface area contributed by atoms with E-state index in [1.54, 1.807) is 19.0 Å². The van der Waals surface area contributed by atoms with Crippen molar-refractivity contribution in [3.05, 3.63) is 0 Å². The highest BCUT2D eigenvalue weighted by Gasteiger charge is 2.27. The molecule has 0 atom stereocenters. The van der Waals surface area contributed by atoms with E-state index in [4.69, 9.17) is 0 Å². The molecule has 0 aromatic rings. The van der Waals surface area contributed by atoms with Crippen LogP contribution in [0.25, 0.3) is 0 Å². The van der Waals surface area contributed by atoms with Crippen molar-refractivity contribution in [1.29, 1.82) is 0 Å². The number of hydrogen-bond donors (Lipinski definition) is 1. The van der Waals surface area contributed by atoms with Crippen molar-refractivity contribution >= 4 is 6.03 Å². The fraction of sp³-hybridized carbons (Fsp3) is 0.909. The highest BCUT2D eigenvalue weighted by atomic mass is 16.2. The van der Waals surface area contributed by atoms with Crippen LogP contribution in [-0.4, -0.2) is 30.6 Å². The summed E-state index contributed by atoms with van der Waals surface area (Å²) in [6.07, 6.45) is 0.958. The van der Waals surface area contributed by atoms with Crippen molar-refractivity contribution in [2.24, 2.45) is 5.41 Å². The number of hydrogen-bond acceptors (Lipinski definition) is 1. The summed E-state index contributed by atoms with van der Waals surface area (Å²) in [5.74, 6) is 0. The van der Waals surface area contributed by atoms with Crippen LogP contribution in [0.15, 0.2) is 0 Å². The Bertz CT molecular complexity index is 202. The van der Waals surface area contributed by atoms with Crippen LogP contribution in [0, 0.1) is 5.41 Å². The van der Waals surface area contributed by atoms with E-state index in [1.165, 1.54) is 0 Å². The zero-order chi connectivity index (χ0) is 11.6. The predicted molar refractivity (Wildman–Crippen MR) is 60.4 cm³/mol. The Balaban J connectivity index is 4.28. The number of amides is 2. The molecule has 14 heavy (non-hydrogen) atoms. The third-order valence-electron chi connectivity index (χ3n) is 1.82. The fourth-order valence-corrected chi connectivity index (χ4v) is 1.77. The second kappa shape index (κ2) is 4.20. The Morgan fingerprint density at radius 2 is 1.57 bits per heavy atom. The maximum Gasteiger partial charge on any atom is 0.317 e. The molecule has 0 fully saturated rings. The second-order valence-electron chi connectivity index (χ2n) is 5.95. The van der Waals surface area contributed by atoms with Crippen LogP contribution in [0.1, 0.15) is 41.0 Å². The molecule has 0 rings (SSSR count). The Labute approximate surface area is 87.9 Å². The first-order valence-corrected chi connectivity index (χ1v) is 5.03. The monoisotopic (exact) mass is 200 g/mol. The summed E-state index contributed by atoms with van der Waals surface area (Å²) in [5, 5.41) is 3.00. The van der Waals surface area contributed by atoms with Crippen molar-refractivity contribution in [3.8, 4) is 0 Å². The Kier molecular flexibility index (Phi) is 3.98. The van der Waals surface area contributed by atoms with E-state index in [2.05, 4.69) is 39.9 Å². The lowest BCUT2D eigenvalue weighted by Crippen LogP contribution is -2.49. The SMILES string of the molecule is CN(C)C(=O)NC(C)(C)CC(C)(C)C. The van der Waals surface area contributed by atoms with Gasteiger partial charge in [0.1, 0.15) is 0 Å². The summed E-state index contributed by atoms with van der Waals surface area (Å²) >= 11 is 0. The van der Waals surface area contributed by atoms with Crippen LogP contribution in [0.4, 0.5) is 4.79 Å². The fourth-order valence-electron chi connectivity index (χ4n) is 1.77. The van der Waals surface area contributed by atoms with Crippen LogP contribution in [0.5, 0.6) is 0 Å². The van der Waals surface area contributed by atoms with E-state index in [0.29, 0.717) is 0 Å². The van der Waals surface area contributed by atoms with Crippen LogP contribution in [0.2, 0.25) is 0 Å². The number of rotatable bonds is 2. The number of urea groups is 1. The molecule has 3 heteroatoms. The van der Waals surface area contributed by atoms with Crippen LogP contribution >= 0.6 is 0 Å². The maximum atomic E-state index is 11.5. The van der Waals surface area contributed by atoms with Gasteiger partial charge in [0.25, 0.3) is 0 Å². The first-order valence-electron chi connectivity index (χ1n) is 5.03. The highest BCUT2D eigenvalue weighted by molar-refractivity contribution is 5.74. The molecular weight excluding hydrogens is 176 g/mol. The van der Waals surface area contributed by atoms with Gasteiger partial charge in [0.15, 0.2) is 0 Å². The first-order chi connectivity index (χ1) is 6.03. The zero-order valence-electron chi connectivity index (χ0n) is 10.6. The summed E-state index contributed by atoms with van der Waals surface area (Å²) in [7, 11) is 3.50. The van der Waals surface area contributed by atoms with Crippen LogP contribution in [-0.2, 0) is 0 Å². The highest BCUT2D eigenvalue weighted by Crippen LogP contribution is 2.26. The van der Waals surface area contributed by atoms with E-state index < -0.39 is 0 Å². The van der Waals surface area contributed by atoms with E-state index in [0.717, 1.165) is 6.42 Å². The number of carbonyl (C=O) groups excluding carboxylic acids is 1. The van der Waals surface area contributed by atoms with Crippen LogP contribution < -0.4 is 5.32 Å². The number of nitrogens with one attached hydrogen (secondary N) is 1. The first kappa shape index (κ1) is 13.3. The molecule has 0 aliphatic heterocycles. The maximum absolute atomic E-state index is 11.5.